The molecule has 0 aliphatic carbocycles. The fraction of sp³-hybridized carbons (Fsp3) is 0.500. The van der Waals surface area contributed by atoms with E-state index in [4.69, 9.17) is 5.84 Å². The smallest absolute Gasteiger partial charge is 0.136 e. The summed E-state index contributed by atoms with van der Waals surface area (Å²) in [4.78, 5) is 5.46. The fourth-order valence-corrected chi connectivity index (χ4v) is 0.604. The summed E-state index contributed by atoms with van der Waals surface area (Å²) < 4.78 is 0. The zero-order valence-corrected chi connectivity index (χ0v) is 6.70. The van der Waals surface area contributed by atoms with Crippen molar-refractivity contribution in [1.82, 2.24) is 9.91 Å². The van der Waals surface area contributed by atoms with Gasteiger partial charge >= 0.3 is 0 Å². The molecule has 0 aromatic heterocycles. The van der Waals surface area contributed by atoms with Gasteiger partial charge in [0.25, 0.3) is 0 Å². The van der Waals surface area contributed by atoms with E-state index in [0.29, 0.717) is 0 Å². The normalized spacial score (nSPS) is 11.0. The van der Waals surface area contributed by atoms with Gasteiger partial charge in [-0.1, -0.05) is 0 Å². The summed E-state index contributed by atoms with van der Waals surface area (Å²) in [5, 5.41) is 1.48. The Morgan fingerprint density at radius 3 is 2.10 bits per heavy atom. The molecule has 0 bridgehead atoms. The van der Waals surface area contributed by atoms with Crippen LogP contribution in [0.5, 0.6) is 0 Å². The average molecular weight is 142 g/mol. The molecule has 0 rings (SSSR count). The van der Waals surface area contributed by atoms with Crippen molar-refractivity contribution in [2.45, 2.75) is 0 Å². The molecule has 4 heteroatoms. The zero-order chi connectivity index (χ0) is 8.15. The van der Waals surface area contributed by atoms with Crippen LogP contribution in [-0.4, -0.2) is 37.8 Å². The van der Waals surface area contributed by atoms with E-state index in [9.17, 15) is 0 Å². The van der Waals surface area contributed by atoms with Gasteiger partial charge in [-0.15, -0.1) is 0 Å². The molecule has 0 spiro atoms. The Morgan fingerprint density at radius 2 is 2.00 bits per heavy atom. The average Bonchev–Trinajstić information content (AvgIpc) is 1.81. The van der Waals surface area contributed by atoms with E-state index < -0.39 is 0 Å². The number of nitrogens with zero attached hydrogens (tertiary/aromatic N) is 3. The van der Waals surface area contributed by atoms with Gasteiger partial charge in [0.15, 0.2) is 0 Å². The van der Waals surface area contributed by atoms with Gasteiger partial charge in [0.05, 0.1) is 6.20 Å². The summed E-state index contributed by atoms with van der Waals surface area (Å²) in [6.07, 6.45) is 1.60. The van der Waals surface area contributed by atoms with Crippen molar-refractivity contribution < 1.29 is 0 Å². The third kappa shape index (κ3) is 2.50. The fourth-order valence-electron chi connectivity index (χ4n) is 0.604. The maximum Gasteiger partial charge on any atom is 0.136 e. The maximum absolute atomic E-state index is 5.46. The van der Waals surface area contributed by atoms with E-state index in [1.165, 1.54) is 5.01 Å². The molecule has 2 N–H and O–H groups in total. The van der Waals surface area contributed by atoms with E-state index in [2.05, 4.69) is 11.7 Å². The Balaban J connectivity index is 4.26. The number of rotatable bonds is 3. The Hall–Kier alpha value is -1.03. The van der Waals surface area contributed by atoms with E-state index in [0.717, 1.165) is 5.82 Å². The van der Waals surface area contributed by atoms with E-state index in [1.807, 2.05) is 19.0 Å². The van der Waals surface area contributed by atoms with Crippen LogP contribution in [0.4, 0.5) is 0 Å². The van der Waals surface area contributed by atoms with Crippen molar-refractivity contribution in [3.05, 3.63) is 12.0 Å². The Labute approximate surface area is 61.6 Å². The minimum Gasteiger partial charge on any atom is -0.362 e. The van der Waals surface area contributed by atoms with Crippen LogP contribution in [0, 0.1) is 0 Å². The summed E-state index contributed by atoms with van der Waals surface area (Å²) in [5.41, 5.74) is 0. The van der Waals surface area contributed by atoms with Gasteiger partial charge in [-0.2, -0.15) is 0 Å². The molecule has 0 atom stereocenters. The lowest BCUT2D eigenvalue weighted by atomic mass is 10.6. The molecular weight excluding hydrogens is 128 g/mol. The first-order valence-corrected chi connectivity index (χ1v) is 2.91. The molecule has 10 heavy (non-hydrogen) atoms. The van der Waals surface area contributed by atoms with Gasteiger partial charge in [-0.3, -0.25) is 10.0 Å². The second-order valence-electron chi connectivity index (χ2n) is 2.18. The third-order valence-electron chi connectivity index (χ3n) is 1.03. The molecule has 0 amide bonds. The second-order valence-corrected chi connectivity index (χ2v) is 2.18. The van der Waals surface area contributed by atoms with Gasteiger partial charge in [0.2, 0.25) is 0 Å². The number of hydrogen-bond acceptors (Lipinski definition) is 4. The van der Waals surface area contributed by atoms with E-state index in [1.54, 1.807) is 13.2 Å². The van der Waals surface area contributed by atoms with Crippen LogP contribution in [0.15, 0.2) is 17.0 Å². The summed E-state index contributed by atoms with van der Waals surface area (Å²) in [6.45, 7) is 3.33. The first-order valence-electron chi connectivity index (χ1n) is 2.91. The van der Waals surface area contributed by atoms with E-state index in [-0.39, 0.29) is 0 Å². The molecule has 0 radical (unpaired) electrons. The lowest BCUT2D eigenvalue weighted by Gasteiger charge is -2.22. The van der Waals surface area contributed by atoms with Crippen molar-refractivity contribution >= 4 is 6.72 Å². The predicted octanol–water partition coefficient (Wildman–Crippen LogP) is -0.147. The van der Waals surface area contributed by atoms with Gasteiger partial charge < -0.3 is 4.90 Å². The molecule has 0 saturated carbocycles. The first-order chi connectivity index (χ1) is 4.59. The summed E-state index contributed by atoms with van der Waals surface area (Å²) >= 11 is 0. The van der Waals surface area contributed by atoms with Crippen LogP contribution in [0.3, 0.4) is 0 Å². The lowest BCUT2D eigenvalue weighted by molar-refractivity contribution is 0.306. The predicted molar refractivity (Wildman–Crippen MR) is 43.3 cm³/mol. The molecule has 0 fully saturated rings. The highest BCUT2D eigenvalue weighted by molar-refractivity contribution is 5.26. The minimum atomic E-state index is 0.815. The van der Waals surface area contributed by atoms with Gasteiger partial charge in [0, 0.05) is 21.1 Å². The molecule has 4 nitrogen and oxygen atoms in total. The highest BCUT2D eigenvalue weighted by Gasteiger charge is 1.99. The molecule has 58 valence electrons. The molecule has 0 unspecified atom stereocenters. The van der Waals surface area contributed by atoms with Crippen molar-refractivity contribution in [3.8, 4) is 0 Å². The third-order valence-corrected chi connectivity index (χ3v) is 1.03. The molecular formula is C6H14N4. The number of hydrogen-bond donors (Lipinski definition) is 1. The Kier molecular flexibility index (Phi) is 3.49. The number of aliphatic imine (C=N–C) groups is 1. The molecule has 0 aromatic rings. The quantitative estimate of drug-likeness (QED) is 0.339. The molecule has 0 heterocycles. The number of hydrazine groups is 1. The second kappa shape index (κ2) is 3.90. The van der Waals surface area contributed by atoms with Crippen molar-refractivity contribution in [1.29, 1.82) is 0 Å². The van der Waals surface area contributed by atoms with Crippen LogP contribution in [-0.2, 0) is 0 Å². The molecule has 0 aromatic carbocycles. The Bertz CT molecular complexity index is 127. The van der Waals surface area contributed by atoms with Crippen LogP contribution in [0.1, 0.15) is 0 Å². The largest absolute Gasteiger partial charge is 0.362 e. The van der Waals surface area contributed by atoms with E-state index >= 15 is 0 Å². The van der Waals surface area contributed by atoms with Crippen LogP contribution in [0.2, 0.25) is 0 Å². The topological polar surface area (TPSA) is 44.9 Å². The van der Waals surface area contributed by atoms with Crippen LogP contribution < -0.4 is 5.84 Å². The number of nitrogens with two attached hydrogens (primary N) is 1. The lowest BCUT2D eigenvalue weighted by Crippen LogP contribution is -2.32. The van der Waals surface area contributed by atoms with Crippen LogP contribution >= 0.6 is 0 Å². The highest BCUT2D eigenvalue weighted by Crippen LogP contribution is 1.98. The highest BCUT2D eigenvalue weighted by atomic mass is 15.5. The first kappa shape index (κ1) is 8.97. The van der Waals surface area contributed by atoms with Crippen molar-refractivity contribution in [3.63, 3.8) is 0 Å². The monoisotopic (exact) mass is 142 g/mol. The summed E-state index contributed by atoms with van der Waals surface area (Å²) in [5.74, 6) is 6.27. The molecule has 0 aliphatic rings. The SMILES string of the molecule is C=N/C=C(/N(C)C)N(C)N. The van der Waals surface area contributed by atoms with Gasteiger partial charge in [-0.25, -0.2) is 5.84 Å². The standard InChI is InChI=1S/C6H14N4/c1-8-5-6(9(2)3)10(4)7/h5H,1,7H2,2-4H3/b6-5-. The molecule has 0 saturated heterocycles. The zero-order valence-electron chi connectivity index (χ0n) is 6.70. The maximum atomic E-state index is 5.46. The summed E-state index contributed by atoms with van der Waals surface area (Å²) in [6, 6.07) is 0. The van der Waals surface area contributed by atoms with Crippen molar-refractivity contribution in [2.75, 3.05) is 21.1 Å². The van der Waals surface area contributed by atoms with Crippen molar-refractivity contribution in [2.24, 2.45) is 10.8 Å². The van der Waals surface area contributed by atoms with Gasteiger partial charge in [0.1, 0.15) is 5.82 Å². The summed E-state index contributed by atoms with van der Waals surface area (Å²) in [7, 11) is 5.53. The minimum absolute atomic E-state index is 0.815. The molecule has 0 aliphatic heterocycles. The Morgan fingerprint density at radius 1 is 1.50 bits per heavy atom. The van der Waals surface area contributed by atoms with Crippen LogP contribution in [0.25, 0.3) is 0 Å². The van der Waals surface area contributed by atoms with Gasteiger partial charge in [-0.05, 0) is 6.72 Å².